The van der Waals surface area contributed by atoms with E-state index in [9.17, 15) is 8.42 Å². The predicted molar refractivity (Wildman–Crippen MR) is 89.9 cm³/mol. The summed E-state index contributed by atoms with van der Waals surface area (Å²) in [6.07, 6.45) is 8.74. The first-order valence-electron chi connectivity index (χ1n) is 8.09. The Labute approximate surface area is 133 Å². The zero-order valence-corrected chi connectivity index (χ0v) is 14.6. The van der Waals surface area contributed by atoms with E-state index in [1.165, 1.54) is 12.8 Å². The third-order valence-electron chi connectivity index (χ3n) is 4.15. The third kappa shape index (κ3) is 6.44. The minimum Gasteiger partial charge on any atom is -0.314 e. The quantitative estimate of drug-likeness (QED) is 0.593. The smallest absolute Gasteiger partial charge is 0.279 e. The van der Waals surface area contributed by atoms with Gasteiger partial charge in [0.25, 0.3) is 10.2 Å². The molecular weight excluding hydrogens is 306 g/mol. The molecule has 0 amide bonds. The molecule has 2 N–H and O–H groups in total. The lowest BCUT2D eigenvalue weighted by Gasteiger charge is -2.32. The molecule has 1 aliphatic carbocycles. The molecular formula is C14H29N3O2S2. The molecule has 2 rings (SSSR count). The Hall–Kier alpha value is 0.180. The van der Waals surface area contributed by atoms with E-state index in [1.807, 2.05) is 0 Å². The van der Waals surface area contributed by atoms with Crippen LogP contribution in [0, 0.1) is 5.92 Å². The van der Waals surface area contributed by atoms with Crippen molar-refractivity contribution in [2.75, 3.05) is 38.2 Å². The van der Waals surface area contributed by atoms with Crippen molar-refractivity contribution >= 4 is 22.0 Å². The average molecular weight is 336 g/mol. The van der Waals surface area contributed by atoms with Crippen LogP contribution in [0.4, 0.5) is 0 Å². The summed E-state index contributed by atoms with van der Waals surface area (Å²) in [5.41, 5.74) is 0. The number of unbranched alkanes of at least 4 members (excludes halogenated alkanes) is 1. The molecule has 0 radical (unpaired) electrons. The Balaban J connectivity index is 1.70. The molecule has 1 unspecified atom stereocenters. The van der Waals surface area contributed by atoms with Crippen molar-refractivity contribution < 1.29 is 8.42 Å². The number of rotatable bonds is 10. The number of nitrogens with one attached hydrogen (secondary N) is 2. The van der Waals surface area contributed by atoms with Crippen molar-refractivity contribution in [3.05, 3.63) is 0 Å². The summed E-state index contributed by atoms with van der Waals surface area (Å²) in [6, 6.07) is 0.701. The summed E-state index contributed by atoms with van der Waals surface area (Å²) >= 11 is 1.81. The first-order valence-corrected chi connectivity index (χ1v) is 10.9. The monoisotopic (exact) mass is 335 g/mol. The Kier molecular flexibility index (Phi) is 7.28. The molecule has 5 nitrogen and oxygen atoms in total. The third-order valence-corrected chi connectivity index (χ3v) is 6.43. The zero-order chi connectivity index (χ0) is 15.1. The van der Waals surface area contributed by atoms with Crippen molar-refractivity contribution in [3.8, 4) is 0 Å². The molecule has 1 atom stereocenters. The van der Waals surface area contributed by atoms with E-state index < -0.39 is 10.2 Å². The van der Waals surface area contributed by atoms with Gasteiger partial charge in [0.1, 0.15) is 0 Å². The molecule has 0 bridgehead atoms. The fourth-order valence-corrected chi connectivity index (χ4v) is 4.55. The van der Waals surface area contributed by atoms with E-state index in [-0.39, 0.29) is 0 Å². The normalized spacial score (nSPS) is 24.3. The summed E-state index contributed by atoms with van der Waals surface area (Å²) in [4.78, 5) is 0. The fraction of sp³-hybridized carbons (Fsp3) is 1.00. The van der Waals surface area contributed by atoms with E-state index >= 15 is 0 Å². The van der Waals surface area contributed by atoms with Crippen LogP contribution in [0.25, 0.3) is 0 Å². The molecule has 124 valence electrons. The zero-order valence-electron chi connectivity index (χ0n) is 13.0. The molecule has 0 aromatic carbocycles. The molecule has 1 heterocycles. The summed E-state index contributed by atoms with van der Waals surface area (Å²) in [5.74, 6) is 1.56. The van der Waals surface area contributed by atoms with Gasteiger partial charge in [-0.15, -0.1) is 0 Å². The van der Waals surface area contributed by atoms with Crippen LogP contribution in [-0.2, 0) is 10.2 Å². The van der Waals surface area contributed by atoms with Crippen LogP contribution in [0.2, 0.25) is 0 Å². The van der Waals surface area contributed by atoms with Crippen LogP contribution in [0.5, 0.6) is 0 Å². The highest BCUT2D eigenvalue weighted by Crippen LogP contribution is 2.22. The van der Waals surface area contributed by atoms with E-state index in [0.29, 0.717) is 31.6 Å². The van der Waals surface area contributed by atoms with Crippen LogP contribution >= 0.6 is 11.8 Å². The Morgan fingerprint density at radius 1 is 1.24 bits per heavy atom. The summed E-state index contributed by atoms with van der Waals surface area (Å²) in [5, 5.41) is 3.52. The summed E-state index contributed by atoms with van der Waals surface area (Å²) < 4.78 is 29.0. The number of hydrogen-bond donors (Lipinski definition) is 2. The second-order valence-corrected chi connectivity index (χ2v) is 8.89. The Morgan fingerprint density at radius 2 is 2.05 bits per heavy atom. The van der Waals surface area contributed by atoms with Crippen molar-refractivity contribution in [2.45, 2.75) is 44.6 Å². The van der Waals surface area contributed by atoms with Gasteiger partial charge in [0.2, 0.25) is 0 Å². The van der Waals surface area contributed by atoms with Gasteiger partial charge in [-0.05, 0) is 63.0 Å². The number of piperidine rings is 1. The first kappa shape index (κ1) is 17.5. The maximum absolute atomic E-state index is 12.3. The molecule has 21 heavy (non-hydrogen) atoms. The van der Waals surface area contributed by atoms with Crippen molar-refractivity contribution in [3.63, 3.8) is 0 Å². The van der Waals surface area contributed by atoms with Crippen LogP contribution < -0.4 is 10.0 Å². The van der Waals surface area contributed by atoms with E-state index in [4.69, 9.17) is 0 Å². The standard InChI is InChI=1S/C14H29N3O2S2/c1-20-10-3-2-8-16-21(18,19)17-9-4-5-13(12-17)11-15-14-6-7-14/h13-16H,2-12H2,1H3. The molecule has 1 aliphatic heterocycles. The fourth-order valence-electron chi connectivity index (χ4n) is 2.70. The van der Waals surface area contributed by atoms with Crippen molar-refractivity contribution in [2.24, 2.45) is 5.92 Å². The van der Waals surface area contributed by atoms with Crippen LogP contribution in [0.1, 0.15) is 38.5 Å². The highest BCUT2D eigenvalue weighted by Gasteiger charge is 2.29. The largest absolute Gasteiger partial charge is 0.314 e. The lowest BCUT2D eigenvalue weighted by Crippen LogP contribution is -2.48. The highest BCUT2D eigenvalue weighted by atomic mass is 32.2. The van der Waals surface area contributed by atoms with Crippen molar-refractivity contribution in [1.29, 1.82) is 0 Å². The molecule has 0 spiro atoms. The molecule has 1 saturated heterocycles. The Morgan fingerprint density at radius 3 is 2.76 bits per heavy atom. The van der Waals surface area contributed by atoms with Crippen molar-refractivity contribution in [1.82, 2.24) is 14.3 Å². The second kappa shape index (κ2) is 8.72. The van der Waals surface area contributed by atoms with E-state index in [2.05, 4.69) is 16.3 Å². The summed E-state index contributed by atoms with van der Waals surface area (Å²) in [7, 11) is -3.28. The minimum absolute atomic E-state index is 0.465. The second-order valence-electron chi connectivity index (χ2n) is 6.15. The first-order chi connectivity index (χ1) is 10.1. The highest BCUT2D eigenvalue weighted by molar-refractivity contribution is 7.98. The molecule has 0 aromatic heterocycles. The topological polar surface area (TPSA) is 61.4 Å². The molecule has 1 saturated carbocycles. The minimum atomic E-state index is -3.28. The maximum Gasteiger partial charge on any atom is 0.279 e. The lowest BCUT2D eigenvalue weighted by atomic mass is 10.00. The van der Waals surface area contributed by atoms with Crippen LogP contribution in [-0.4, -0.2) is 57.0 Å². The number of thioether (sulfide) groups is 1. The summed E-state index contributed by atoms with van der Waals surface area (Å²) in [6.45, 7) is 2.86. The van der Waals surface area contributed by atoms with Gasteiger partial charge in [-0.3, -0.25) is 0 Å². The van der Waals surface area contributed by atoms with Gasteiger partial charge in [-0.25, -0.2) is 4.72 Å². The van der Waals surface area contributed by atoms with Gasteiger partial charge >= 0.3 is 0 Å². The average Bonchev–Trinajstić information content (AvgIpc) is 3.29. The number of nitrogens with zero attached hydrogens (tertiary/aromatic N) is 1. The molecule has 7 heteroatoms. The van der Waals surface area contributed by atoms with E-state index in [1.54, 1.807) is 16.1 Å². The van der Waals surface area contributed by atoms with E-state index in [0.717, 1.165) is 38.0 Å². The van der Waals surface area contributed by atoms with Gasteiger partial charge < -0.3 is 5.32 Å². The predicted octanol–water partition coefficient (Wildman–Crippen LogP) is 1.43. The van der Waals surface area contributed by atoms with Gasteiger partial charge in [0, 0.05) is 25.7 Å². The van der Waals surface area contributed by atoms with Crippen LogP contribution in [0.3, 0.4) is 0 Å². The molecule has 2 fully saturated rings. The lowest BCUT2D eigenvalue weighted by molar-refractivity contribution is 0.257. The van der Waals surface area contributed by atoms with Gasteiger partial charge in [0.05, 0.1) is 0 Å². The van der Waals surface area contributed by atoms with Crippen LogP contribution in [0.15, 0.2) is 0 Å². The van der Waals surface area contributed by atoms with Gasteiger partial charge in [-0.1, -0.05) is 0 Å². The molecule has 0 aromatic rings. The Bertz CT molecular complexity index is 399. The number of hydrogen-bond acceptors (Lipinski definition) is 4. The SMILES string of the molecule is CSCCCCNS(=O)(=O)N1CCCC(CNC2CC2)C1. The van der Waals surface area contributed by atoms with Gasteiger partial charge in [0.15, 0.2) is 0 Å². The van der Waals surface area contributed by atoms with Gasteiger partial charge in [-0.2, -0.15) is 24.5 Å². The molecule has 2 aliphatic rings. The maximum atomic E-state index is 12.3.